The summed E-state index contributed by atoms with van der Waals surface area (Å²) in [6.45, 7) is 7.91. The fourth-order valence-corrected chi connectivity index (χ4v) is 2.49. The molecule has 15 heavy (non-hydrogen) atoms. The van der Waals surface area contributed by atoms with Gasteiger partial charge in [-0.3, -0.25) is 0 Å². The molecule has 1 rings (SSSR count). The van der Waals surface area contributed by atoms with Crippen LogP contribution in [-0.2, 0) is 0 Å². The van der Waals surface area contributed by atoms with E-state index < -0.39 is 0 Å². The Morgan fingerprint density at radius 1 is 1.20 bits per heavy atom. The third-order valence-corrected chi connectivity index (χ3v) is 3.64. The summed E-state index contributed by atoms with van der Waals surface area (Å²) in [5.74, 6) is 0.538. The predicted octanol–water partition coefficient (Wildman–Crippen LogP) is 2.66. The van der Waals surface area contributed by atoms with E-state index in [0.29, 0.717) is 5.92 Å². The molecule has 1 aliphatic rings. The van der Waals surface area contributed by atoms with Gasteiger partial charge in [0.15, 0.2) is 0 Å². The molecule has 90 valence electrons. The van der Waals surface area contributed by atoms with Crippen molar-refractivity contribution in [3.05, 3.63) is 0 Å². The lowest BCUT2D eigenvalue weighted by Crippen LogP contribution is -2.37. The Morgan fingerprint density at radius 3 is 2.53 bits per heavy atom. The van der Waals surface area contributed by atoms with Crippen LogP contribution in [-0.4, -0.2) is 35.7 Å². The fraction of sp³-hybridized carbons (Fsp3) is 1.00. The van der Waals surface area contributed by atoms with Crippen molar-refractivity contribution in [2.45, 2.75) is 58.5 Å². The van der Waals surface area contributed by atoms with Gasteiger partial charge in [-0.1, -0.05) is 33.1 Å². The van der Waals surface area contributed by atoms with Crippen LogP contribution in [0.5, 0.6) is 0 Å². The van der Waals surface area contributed by atoms with Gasteiger partial charge in [-0.05, 0) is 38.3 Å². The van der Waals surface area contributed by atoms with E-state index in [1.165, 1.54) is 38.6 Å². The smallest absolute Gasteiger partial charge is 0.0580 e. The Labute approximate surface area is 94.7 Å². The normalized spacial score (nSPS) is 27.2. The van der Waals surface area contributed by atoms with E-state index in [4.69, 9.17) is 0 Å². The van der Waals surface area contributed by atoms with Crippen LogP contribution in [0.4, 0.5) is 0 Å². The molecule has 0 saturated heterocycles. The number of hydrogen-bond donors (Lipinski definition) is 1. The minimum absolute atomic E-state index is 0.0329. The molecule has 1 saturated carbocycles. The van der Waals surface area contributed by atoms with Crippen LogP contribution in [0.1, 0.15) is 52.4 Å². The highest BCUT2D eigenvalue weighted by Gasteiger charge is 2.24. The Kier molecular flexibility index (Phi) is 6.26. The molecule has 0 aromatic carbocycles. The first-order valence-electron chi connectivity index (χ1n) is 6.68. The highest BCUT2D eigenvalue weighted by molar-refractivity contribution is 4.77. The highest BCUT2D eigenvalue weighted by Crippen LogP contribution is 2.25. The second kappa shape index (κ2) is 7.24. The third kappa shape index (κ3) is 4.52. The monoisotopic (exact) mass is 213 g/mol. The minimum Gasteiger partial charge on any atom is -0.393 e. The van der Waals surface area contributed by atoms with Gasteiger partial charge in [0.1, 0.15) is 0 Å². The lowest BCUT2D eigenvalue weighted by atomic mass is 9.86. The van der Waals surface area contributed by atoms with Gasteiger partial charge in [-0.25, -0.2) is 0 Å². The summed E-state index contributed by atoms with van der Waals surface area (Å²) in [4.78, 5) is 2.50. The van der Waals surface area contributed by atoms with E-state index in [2.05, 4.69) is 18.7 Å². The first-order valence-corrected chi connectivity index (χ1v) is 6.68. The molecule has 2 atom stereocenters. The molecule has 0 aromatic heterocycles. The number of aliphatic hydroxyl groups excluding tert-OH is 1. The summed E-state index contributed by atoms with van der Waals surface area (Å²) in [7, 11) is 0. The summed E-state index contributed by atoms with van der Waals surface area (Å²) in [5, 5.41) is 9.91. The molecule has 0 radical (unpaired) electrons. The Bertz CT molecular complexity index is 161. The van der Waals surface area contributed by atoms with Crippen LogP contribution >= 0.6 is 0 Å². The van der Waals surface area contributed by atoms with Gasteiger partial charge in [0.05, 0.1) is 6.10 Å². The molecule has 0 aromatic rings. The van der Waals surface area contributed by atoms with Gasteiger partial charge in [-0.2, -0.15) is 0 Å². The number of hydrogen-bond acceptors (Lipinski definition) is 2. The molecule has 1 N–H and O–H groups in total. The van der Waals surface area contributed by atoms with Crippen LogP contribution in [0, 0.1) is 5.92 Å². The Hall–Kier alpha value is -0.0800. The van der Waals surface area contributed by atoms with Crippen LogP contribution in [0.3, 0.4) is 0 Å². The van der Waals surface area contributed by atoms with Crippen molar-refractivity contribution < 1.29 is 5.11 Å². The van der Waals surface area contributed by atoms with Crippen LogP contribution < -0.4 is 0 Å². The van der Waals surface area contributed by atoms with Crippen molar-refractivity contribution in [3.63, 3.8) is 0 Å². The minimum atomic E-state index is -0.0329. The zero-order valence-electron chi connectivity index (χ0n) is 10.4. The molecular weight excluding hydrogens is 186 g/mol. The van der Waals surface area contributed by atoms with Crippen molar-refractivity contribution in [2.24, 2.45) is 5.92 Å². The van der Waals surface area contributed by atoms with Gasteiger partial charge >= 0.3 is 0 Å². The summed E-state index contributed by atoms with van der Waals surface area (Å²) in [6, 6.07) is 0. The molecule has 1 fully saturated rings. The summed E-state index contributed by atoms with van der Waals surface area (Å²) in [6.07, 6.45) is 7.31. The topological polar surface area (TPSA) is 23.5 Å². The first kappa shape index (κ1) is 13.0. The first-order chi connectivity index (χ1) is 7.27. The maximum atomic E-state index is 9.91. The Balaban J connectivity index is 2.29. The molecule has 2 nitrogen and oxygen atoms in total. The quantitative estimate of drug-likeness (QED) is 0.733. The average Bonchev–Trinajstić information content (AvgIpc) is 2.26. The molecular formula is C13H27NO. The van der Waals surface area contributed by atoms with Gasteiger partial charge in [0.25, 0.3) is 0 Å². The predicted molar refractivity (Wildman–Crippen MR) is 65.0 cm³/mol. The lowest BCUT2D eigenvalue weighted by molar-refractivity contribution is 0.0472. The van der Waals surface area contributed by atoms with E-state index in [1.54, 1.807) is 0 Å². The molecule has 1 aliphatic carbocycles. The Morgan fingerprint density at radius 2 is 1.93 bits per heavy atom. The highest BCUT2D eigenvalue weighted by atomic mass is 16.3. The van der Waals surface area contributed by atoms with E-state index in [-0.39, 0.29) is 6.10 Å². The van der Waals surface area contributed by atoms with Crippen LogP contribution in [0.25, 0.3) is 0 Å². The molecule has 2 unspecified atom stereocenters. The van der Waals surface area contributed by atoms with Gasteiger partial charge in [0, 0.05) is 6.54 Å². The van der Waals surface area contributed by atoms with Crippen molar-refractivity contribution in [2.75, 3.05) is 19.6 Å². The van der Waals surface area contributed by atoms with Crippen LogP contribution in [0.2, 0.25) is 0 Å². The molecule has 0 heterocycles. The largest absolute Gasteiger partial charge is 0.393 e. The van der Waals surface area contributed by atoms with Crippen molar-refractivity contribution >= 4 is 0 Å². The number of unbranched alkanes of at least 4 members (excludes halogenated alkanes) is 1. The molecule has 2 heteroatoms. The van der Waals surface area contributed by atoms with E-state index in [9.17, 15) is 5.11 Å². The second-order valence-electron chi connectivity index (χ2n) is 4.86. The molecule has 0 spiro atoms. The fourth-order valence-electron chi connectivity index (χ4n) is 2.49. The molecule has 0 amide bonds. The average molecular weight is 213 g/mol. The van der Waals surface area contributed by atoms with Crippen molar-refractivity contribution in [1.82, 2.24) is 4.90 Å². The van der Waals surface area contributed by atoms with Gasteiger partial charge in [0.2, 0.25) is 0 Å². The maximum Gasteiger partial charge on any atom is 0.0580 e. The number of nitrogens with zero attached hydrogens (tertiary/aromatic N) is 1. The molecule has 0 bridgehead atoms. The number of aliphatic hydroxyl groups is 1. The van der Waals surface area contributed by atoms with Crippen molar-refractivity contribution in [3.8, 4) is 0 Å². The zero-order chi connectivity index (χ0) is 11.1. The van der Waals surface area contributed by atoms with E-state index in [0.717, 1.165) is 19.5 Å². The third-order valence-electron chi connectivity index (χ3n) is 3.64. The van der Waals surface area contributed by atoms with Crippen LogP contribution in [0.15, 0.2) is 0 Å². The second-order valence-corrected chi connectivity index (χ2v) is 4.86. The van der Waals surface area contributed by atoms with Gasteiger partial charge in [-0.15, -0.1) is 0 Å². The lowest BCUT2D eigenvalue weighted by Gasteiger charge is -2.32. The zero-order valence-corrected chi connectivity index (χ0v) is 10.4. The van der Waals surface area contributed by atoms with Crippen molar-refractivity contribution in [1.29, 1.82) is 0 Å². The molecule has 0 aliphatic heterocycles. The standard InChI is InChI=1S/C13H27NO/c1-3-5-10-14(4-2)11-12-8-6-7-9-13(12)15/h12-13,15H,3-11H2,1-2H3. The summed E-state index contributed by atoms with van der Waals surface area (Å²) >= 11 is 0. The maximum absolute atomic E-state index is 9.91. The summed E-state index contributed by atoms with van der Waals surface area (Å²) in [5.41, 5.74) is 0. The SMILES string of the molecule is CCCCN(CC)CC1CCCCC1O. The number of rotatable bonds is 6. The van der Waals surface area contributed by atoms with E-state index in [1.807, 2.05) is 0 Å². The summed E-state index contributed by atoms with van der Waals surface area (Å²) < 4.78 is 0. The van der Waals surface area contributed by atoms with Gasteiger partial charge < -0.3 is 10.0 Å². The van der Waals surface area contributed by atoms with E-state index >= 15 is 0 Å².